The van der Waals surface area contributed by atoms with Crippen LogP contribution in [0.1, 0.15) is 43.9 Å². The minimum absolute atomic E-state index is 0.168. The number of hydrogen-bond donors (Lipinski definition) is 2. The molecule has 1 aliphatic heterocycles. The molecule has 3 rings (SSSR count). The van der Waals surface area contributed by atoms with E-state index < -0.39 is 6.10 Å². The van der Waals surface area contributed by atoms with Gasteiger partial charge in [0.15, 0.2) is 11.7 Å². The number of hydrogen-bond acceptors (Lipinski definition) is 7. The van der Waals surface area contributed by atoms with Gasteiger partial charge in [-0.3, -0.25) is 4.79 Å². The van der Waals surface area contributed by atoms with Gasteiger partial charge in [0, 0.05) is 30.9 Å². The molecule has 1 fully saturated rings. The number of pyridine rings is 1. The monoisotopic (exact) mass is 386 g/mol. The van der Waals surface area contributed by atoms with Crippen molar-refractivity contribution in [1.82, 2.24) is 10.1 Å². The van der Waals surface area contributed by atoms with Gasteiger partial charge in [-0.1, -0.05) is 17.2 Å². The predicted octanol–water partition coefficient (Wildman–Crippen LogP) is 2.42. The summed E-state index contributed by atoms with van der Waals surface area (Å²) in [6, 6.07) is 5.41. The van der Waals surface area contributed by atoms with Crippen molar-refractivity contribution in [2.24, 2.45) is 10.9 Å². The van der Waals surface area contributed by atoms with Gasteiger partial charge in [0.25, 0.3) is 5.91 Å². The van der Waals surface area contributed by atoms with Crippen LogP contribution in [0.3, 0.4) is 0 Å². The summed E-state index contributed by atoms with van der Waals surface area (Å²) in [6.45, 7) is 5.61. The Labute approximate surface area is 163 Å². The molecule has 3 N–H and O–H groups in total. The van der Waals surface area contributed by atoms with Gasteiger partial charge in [0.05, 0.1) is 0 Å². The summed E-state index contributed by atoms with van der Waals surface area (Å²) in [6.07, 6.45) is 4.95. The number of amides is 1. The number of aryl methyl sites for hydroxylation is 1. The molecule has 0 spiro atoms. The van der Waals surface area contributed by atoms with Gasteiger partial charge >= 0.3 is 0 Å². The van der Waals surface area contributed by atoms with Crippen molar-refractivity contribution < 1.29 is 14.2 Å². The van der Waals surface area contributed by atoms with Crippen LogP contribution in [0, 0.1) is 6.92 Å². The number of oxime groups is 1. The van der Waals surface area contributed by atoms with Gasteiger partial charge in [-0.2, -0.15) is 0 Å². The highest BCUT2D eigenvalue weighted by atomic mass is 16.6. The highest BCUT2D eigenvalue weighted by molar-refractivity contribution is 5.97. The molecule has 1 amide bonds. The summed E-state index contributed by atoms with van der Waals surface area (Å²) in [4.78, 5) is 24.4. The summed E-state index contributed by atoms with van der Waals surface area (Å²) in [5, 5.41) is 10.3. The van der Waals surface area contributed by atoms with Crippen LogP contribution in [0.5, 0.6) is 0 Å². The zero-order valence-electron chi connectivity index (χ0n) is 16.2. The van der Waals surface area contributed by atoms with Crippen molar-refractivity contribution in [1.29, 1.82) is 0 Å². The first-order valence-corrected chi connectivity index (χ1v) is 9.51. The number of aromatic nitrogens is 2. The van der Waals surface area contributed by atoms with Crippen LogP contribution in [-0.2, 0) is 9.63 Å². The molecular weight excluding hydrogens is 360 g/mol. The minimum atomic E-state index is -0.795. The third kappa shape index (κ3) is 4.99. The lowest BCUT2D eigenvalue weighted by Gasteiger charge is -2.27. The SMILES string of the molecule is CCC(O/N=C(/N)c1ccc(N2CCCCC2)nc1)C(=O)Nc1cc(C)on1. The van der Waals surface area contributed by atoms with Gasteiger partial charge in [-0.15, -0.1) is 0 Å². The Morgan fingerprint density at radius 2 is 2.18 bits per heavy atom. The van der Waals surface area contributed by atoms with E-state index in [1.165, 1.54) is 19.3 Å². The Balaban J connectivity index is 1.59. The molecule has 150 valence electrons. The Bertz CT molecular complexity index is 811. The number of rotatable bonds is 7. The topological polar surface area (TPSA) is 119 Å². The Morgan fingerprint density at radius 3 is 2.79 bits per heavy atom. The largest absolute Gasteiger partial charge is 0.381 e. The lowest BCUT2D eigenvalue weighted by Crippen LogP contribution is -2.30. The summed E-state index contributed by atoms with van der Waals surface area (Å²) in [5.41, 5.74) is 6.64. The van der Waals surface area contributed by atoms with Crippen LogP contribution in [0.4, 0.5) is 11.6 Å². The molecule has 2 aromatic heterocycles. The van der Waals surface area contributed by atoms with Crippen LogP contribution in [0.25, 0.3) is 0 Å². The number of nitrogens with one attached hydrogen (secondary N) is 1. The molecule has 1 unspecified atom stereocenters. The zero-order valence-corrected chi connectivity index (χ0v) is 16.2. The summed E-state index contributed by atoms with van der Waals surface area (Å²) >= 11 is 0. The molecule has 0 aromatic carbocycles. The molecule has 0 bridgehead atoms. The minimum Gasteiger partial charge on any atom is -0.381 e. The zero-order chi connectivity index (χ0) is 19.9. The third-order valence-electron chi connectivity index (χ3n) is 4.54. The van der Waals surface area contributed by atoms with Crippen molar-refractivity contribution >= 4 is 23.4 Å². The van der Waals surface area contributed by atoms with Crippen molar-refractivity contribution in [3.05, 3.63) is 35.7 Å². The second-order valence-electron chi connectivity index (χ2n) is 6.74. The molecule has 0 radical (unpaired) electrons. The van der Waals surface area contributed by atoms with E-state index in [4.69, 9.17) is 15.1 Å². The molecular formula is C19H26N6O3. The van der Waals surface area contributed by atoms with Crippen molar-refractivity contribution in [3.8, 4) is 0 Å². The van der Waals surface area contributed by atoms with Gasteiger partial charge < -0.3 is 25.3 Å². The second-order valence-corrected chi connectivity index (χ2v) is 6.74. The van der Waals surface area contributed by atoms with Crippen molar-refractivity contribution in [2.75, 3.05) is 23.3 Å². The number of carbonyl (C=O) groups is 1. The van der Waals surface area contributed by atoms with Crippen LogP contribution in [0.2, 0.25) is 0 Å². The average molecular weight is 386 g/mol. The quantitative estimate of drug-likeness (QED) is 0.426. The third-order valence-corrected chi connectivity index (χ3v) is 4.54. The van der Waals surface area contributed by atoms with E-state index in [9.17, 15) is 4.79 Å². The van der Waals surface area contributed by atoms with Gasteiger partial charge in [-0.25, -0.2) is 4.98 Å². The molecule has 2 aromatic rings. The second kappa shape index (κ2) is 9.20. The highest BCUT2D eigenvalue weighted by Crippen LogP contribution is 2.17. The van der Waals surface area contributed by atoms with Crippen LogP contribution in [0.15, 0.2) is 34.1 Å². The van der Waals surface area contributed by atoms with Crippen LogP contribution in [-0.4, -0.2) is 41.1 Å². The summed E-state index contributed by atoms with van der Waals surface area (Å²) < 4.78 is 4.92. The molecule has 1 atom stereocenters. The number of nitrogens with two attached hydrogens (primary N) is 1. The molecule has 0 aliphatic carbocycles. The molecule has 9 heteroatoms. The first-order chi connectivity index (χ1) is 13.6. The molecule has 0 saturated carbocycles. The van der Waals surface area contributed by atoms with E-state index in [1.54, 1.807) is 19.2 Å². The van der Waals surface area contributed by atoms with Crippen molar-refractivity contribution in [2.45, 2.75) is 45.6 Å². The number of carbonyl (C=O) groups excluding carboxylic acids is 1. The number of amidine groups is 1. The number of piperidine rings is 1. The molecule has 28 heavy (non-hydrogen) atoms. The molecule has 3 heterocycles. The predicted molar refractivity (Wildman–Crippen MR) is 106 cm³/mol. The average Bonchev–Trinajstić information content (AvgIpc) is 3.13. The van der Waals surface area contributed by atoms with Gasteiger partial charge in [0.1, 0.15) is 11.6 Å². The number of anilines is 2. The normalized spacial score (nSPS) is 15.9. The first-order valence-electron chi connectivity index (χ1n) is 9.51. The maximum atomic E-state index is 12.3. The Kier molecular flexibility index (Phi) is 6.46. The fourth-order valence-corrected chi connectivity index (χ4v) is 2.96. The smallest absolute Gasteiger partial charge is 0.269 e. The van der Waals surface area contributed by atoms with E-state index >= 15 is 0 Å². The standard InChI is InChI=1S/C19H26N6O3/c1-3-15(19(26)22-16-11-13(2)27-23-16)28-24-18(20)14-7-8-17(21-12-14)25-9-5-4-6-10-25/h7-8,11-12,15H,3-6,9-10H2,1-2H3,(H2,20,24)(H,22,23,26). The van der Waals surface area contributed by atoms with E-state index in [0.717, 1.165) is 18.9 Å². The van der Waals surface area contributed by atoms with E-state index in [0.29, 0.717) is 23.6 Å². The lowest BCUT2D eigenvalue weighted by atomic mass is 10.1. The van der Waals surface area contributed by atoms with Gasteiger partial charge in [0.2, 0.25) is 6.10 Å². The van der Waals surface area contributed by atoms with E-state index in [2.05, 4.69) is 25.5 Å². The molecule has 1 aliphatic rings. The highest BCUT2D eigenvalue weighted by Gasteiger charge is 2.20. The van der Waals surface area contributed by atoms with Gasteiger partial charge in [-0.05, 0) is 44.7 Å². The summed E-state index contributed by atoms with van der Waals surface area (Å²) in [7, 11) is 0. The summed E-state index contributed by atoms with van der Waals surface area (Å²) in [5.74, 6) is 1.67. The van der Waals surface area contributed by atoms with Crippen molar-refractivity contribution in [3.63, 3.8) is 0 Å². The molecule has 9 nitrogen and oxygen atoms in total. The maximum absolute atomic E-state index is 12.3. The first kappa shape index (κ1) is 19.7. The van der Waals surface area contributed by atoms with Crippen LogP contribution < -0.4 is 16.0 Å². The fourth-order valence-electron chi connectivity index (χ4n) is 2.96. The Morgan fingerprint density at radius 1 is 1.39 bits per heavy atom. The van der Waals surface area contributed by atoms with E-state index in [-0.39, 0.29) is 11.7 Å². The van der Waals surface area contributed by atoms with Crippen LogP contribution >= 0.6 is 0 Å². The lowest BCUT2D eigenvalue weighted by molar-refractivity contribution is -0.127. The fraction of sp³-hybridized carbons (Fsp3) is 0.474. The number of nitrogens with zero attached hydrogens (tertiary/aromatic N) is 4. The maximum Gasteiger partial charge on any atom is 0.269 e. The molecule has 1 saturated heterocycles. The van der Waals surface area contributed by atoms with E-state index in [1.807, 2.05) is 19.1 Å². The Hall–Kier alpha value is -3.10.